The monoisotopic (exact) mass is 675 g/mol. The van der Waals surface area contributed by atoms with E-state index in [-0.39, 0.29) is 35.4 Å². The van der Waals surface area contributed by atoms with Crippen LogP contribution in [-0.4, -0.2) is 53.8 Å². The van der Waals surface area contributed by atoms with Gasteiger partial charge in [-0.1, -0.05) is 39.7 Å². The summed E-state index contributed by atoms with van der Waals surface area (Å²) in [5, 5.41) is 21.6. The summed E-state index contributed by atoms with van der Waals surface area (Å²) >= 11 is 17.7. The van der Waals surface area contributed by atoms with Crippen LogP contribution in [0.4, 0.5) is 11.4 Å². The lowest BCUT2D eigenvalue weighted by Crippen LogP contribution is -2.60. The van der Waals surface area contributed by atoms with E-state index in [4.69, 9.17) is 23.2 Å². The van der Waals surface area contributed by atoms with Gasteiger partial charge >= 0.3 is 0 Å². The number of likely N-dealkylation sites (tertiary alicyclic amines) is 1. The normalized spacial score (nSPS) is 32.1. The van der Waals surface area contributed by atoms with Gasteiger partial charge in [0.1, 0.15) is 5.75 Å². The van der Waals surface area contributed by atoms with E-state index >= 15 is 0 Å². The van der Waals surface area contributed by atoms with Crippen molar-refractivity contribution >= 4 is 74.1 Å². The number of anilines is 1. The van der Waals surface area contributed by atoms with Crippen LogP contribution >= 0.6 is 39.1 Å². The summed E-state index contributed by atoms with van der Waals surface area (Å²) in [6, 6.07) is 8.55. The van der Waals surface area contributed by atoms with Crippen LogP contribution in [-0.2, 0) is 19.2 Å². The topological polar surface area (TPSA) is 138 Å². The molecule has 1 saturated carbocycles. The average molecular weight is 677 g/mol. The number of allylic oxidation sites excluding steroid dienone is 2. The van der Waals surface area contributed by atoms with E-state index in [9.17, 15) is 34.4 Å². The van der Waals surface area contributed by atoms with Crippen molar-refractivity contribution in [3.05, 3.63) is 74.9 Å². The van der Waals surface area contributed by atoms with Crippen molar-refractivity contribution in [2.24, 2.45) is 17.8 Å². The van der Waals surface area contributed by atoms with Crippen LogP contribution in [0.25, 0.3) is 0 Å². The minimum Gasteiger partial charge on any atom is -0.507 e. The van der Waals surface area contributed by atoms with Crippen LogP contribution in [0, 0.1) is 41.7 Å². The van der Waals surface area contributed by atoms with Crippen molar-refractivity contribution < 1.29 is 29.2 Å². The van der Waals surface area contributed by atoms with Gasteiger partial charge in [0.05, 0.1) is 27.9 Å². The highest BCUT2D eigenvalue weighted by molar-refractivity contribution is 9.09. The van der Waals surface area contributed by atoms with Gasteiger partial charge in [0.25, 0.3) is 17.5 Å². The van der Waals surface area contributed by atoms with E-state index in [2.05, 4.69) is 15.9 Å². The Morgan fingerprint density at radius 2 is 1.64 bits per heavy atom. The Bertz CT molecular complexity index is 1620. The summed E-state index contributed by atoms with van der Waals surface area (Å²) in [5.41, 5.74) is 2.15. The Kier molecular flexibility index (Phi) is 6.60. The molecule has 4 aliphatic rings. The van der Waals surface area contributed by atoms with Gasteiger partial charge in [0.2, 0.25) is 11.8 Å². The fourth-order valence-corrected chi connectivity index (χ4v) is 8.69. The minimum atomic E-state index is -1.94. The third-order valence-corrected chi connectivity index (χ3v) is 11.1. The van der Waals surface area contributed by atoms with Crippen LogP contribution in [0.5, 0.6) is 5.75 Å². The van der Waals surface area contributed by atoms with E-state index in [1.54, 1.807) is 26.0 Å². The zero-order valence-electron chi connectivity index (χ0n) is 22.3. The number of benzene rings is 2. The van der Waals surface area contributed by atoms with Crippen molar-refractivity contribution in [1.29, 1.82) is 0 Å². The molecule has 2 aromatic rings. The number of aryl methyl sites for hydroxylation is 2. The highest BCUT2D eigenvalue weighted by Crippen LogP contribution is 2.65. The third kappa shape index (κ3) is 3.62. The van der Waals surface area contributed by atoms with E-state index in [1.165, 1.54) is 24.3 Å². The molecule has 0 spiro atoms. The molecule has 2 saturated heterocycles. The fourth-order valence-electron chi connectivity index (χ4n) is 7.26. The molecule has 0 bridgehead atoms. The number of rotatable bonds is 4. The average Bonchev–Trinajstić information content (AvgIpc) is 3.29. The molecule has 3 fully saturated rings. The van der Waals surface area contributed by atoms with Gasteiger partial charge in [-0.2, -0.15) is 0 Å². The fraction of sp³-hybridized carbons (Fsp3) is 0.379. The third-order valence-electron chi connectivity index (χ3n) is 9.18. The molecule has 6 unspecified atom stereocenters. The SMILES string of the molecule is Cc1cc(C2C3=CCC4C(=O)N(c5ccc([N+](=O)[O-])cc5)C(=O)C4C3CC3(Cl)C(=O)N(CBr)C(=O)C23Cl)cc(C)c1O. The molecule has 2 heterocycles. The summed E-state index contributed by atoms with van der Waals surface area (Å²) < 4.78 is 0. The maximum atomic E-state index is 14.0. The zero-order chi connectivity index (χ0) is 30.5. The Morgan fingerprint density at radius 1 is 1.02 bits per heavy atom. The van der Waals surface area contributed by atoms with E-state index in [0.29, 0.717) is 22.3 Å². The predicted molar refractivity (Wildman–Crippen MR) is 157 cm³/mol. The number of fused-ring (bicyclic) bond motifs is 4. The minimum absolute atomic E-state index is 0.0794. The highest BCUT2D eigenvalue weighted by Gasteiger charge is 2.76. The molecule has 2 aliphatic heterocycles. The van der Waals surface area contributed by atoms with Crippen LogP contribution in [0.2, 0.25) is 0 Å². The number of aromatic hydroxyl groups is 1. The Hall–Kier alpha value is -3.28. The second kappa shape index (κ2) is 9.62. The van der Waals surface area contributed by atoms with Crippen molar-refractivity contribution in [3.63, 3.8) is 0 Å². The lowest BCUT2D eigenvalue weighted by atomic mass is 9.56. The summed E-state index contributed by atoms with van der Waals surface area (Å²) in [6.45, 7) is 3.42. The number of hydrogen-bond donors (Lipinski definition) is 1. The Labute approximate surface area is 258 Å². The Balaban J connectivity index is 1.50. The maximum absolute atomic E-state index is 14.0. The molecule has 10 nitrogen and oxygen atoms in total. The molecule has 1 N–H and O–H groups in total. The smallest absolute Gasteiger partial charge is 0.269 e. The number of phenolic OH excluding ortho intramolecular Hbond substituents is 1. The van der Waals surface area contributed by atoms with Crippen LogP contribution in [0.1, 0.15) is 35.4 Å². The molecule has 218 valence electrons. The van der Waals surface area contributed by atoms with Crippen LogP contribution in [0.3, 0.4) is 0 Å². The van der Waals surface area contributed by atoms with Gasteiger partial charge < -0.3 is 5.11 Å². The number of nitrogens with zero attached hydrogens (tertiary/aromatic N) is 3. The number of non-ortho nitro benzene ring substituents is 1. The summed E-state index contributed by atoms with van der Waals surface area (Å²) in [4.78, 5) is 64.0. The molecular formula is C29H24BrCl2N3O7. The quantitative estimate of drug-likeness (QED) is 0.122. The number of nitro groups is 1. The molecule has 2 aromatic carbocycles. The predicted octanol–water partition coefficient (Wildman–Crippen LogP) is 4.83. The number of nitro benzene ring substituents is 1. The number of alkyl halides is 3. The number of phenols is 1. The summed E-state index contributed by atoms with van der Waals surface area (Å²) in [6.07, 6.45) is 1.86. The van der Waals surface area contributed by atoms with Gasteiger partial charge in [-0.15, -0.1) is 23.2 Å². The first-order valence-electron chi connectivity index (χ1n) is 13.2. The number of hydrogen-bond acceptors (Lipinski definition) is 7. The molecule has 42 heavy (non-hydrogen) atoms. The molecule has 6 atom stereocenters. The molecule has 6 rings (SSSR count). The van der Waals surface area contributed by atoms with Crippen LogP contribution < -0.4 is 4.90 Å². The summed E-state index contributed by atoms with van der Waals surface area (Å²) in [7, 11) is 0. The first-order valence-corrected chi connectivity index (χ1v) is 15.1. The van der Waals surface area contributed by atoms with E-state index < -0.39 is 62.0 Å². The zero-order valence-corrected chi connectivity index (χ0v) is 25.4. The molecular weight excluding hydrogens is 653 g/mol. The van der Waals surface area contributed by atoms with E-state index in [0.717, 1.165) is 9.80 Å². The van der Waals surface area contributed by atoms with Gasteiger partial charge in [0.15, 0.2) is 9.75 Å². The number of halogens is 3. The van der Waals surface area contributed by atoms with Gasteiger partial charge in [-0.05, 0) is 61.4 Å². The van der Waals surface area contributed by atoms with Crippen molar-refractivity contribution in [3.8, 4) is 5.75 Å². The molecule has 13 heteroatoms. The molecule has 2 aliphatic carbocycles. The lowest BCUT2D eigenvalue weighted by Gasteiger charge is -2.51. The highest BCUT2D eigenvalue weighted by atomic mass is 79.9. The van der Waals surface area contributed by atoms with E-state index in [1.807, 2.05) is 6.08 Å². The van der Waals surface area contributed by atoms with Gasteiger partial charge in [-0.25, -0.2) is 0 Å². The summed E-state index contributed by atoms with van der Waals surface area (Å²) in [5.74, 6) is -5.55. The van der Waals surface area contributed by atoms with Crippen molar-refractivity contribution in [2.45, 2.75) is 42.4 Å². The van der Waals surface area contributed by atoms with Crippen molar-refractivity contribution in [2.75, 3.05) is 10.4 Å². The number of carbonyl (C=O) groups excluding carboxylic acids is 4. The first-order chi connectivity index (χ1) is 19.8. The second-order valence-electron chi connectivity index (χ2n) is 11.3. The first kappa shape index (κ1) is 28.8. The number of imide groups is 2. The number of amides is 4. The van der Waals surface area contributed by atoms with Crippen molar-refractivity contribution in [1.82, 2.24) is 4.90 Å². The lowest BCUT2D eigenvalue weighted by molar-refractivity contribution is -0.384. The van der Waals surface area contributed by atoms with Gasteiger partial charge in [0, 0.05) is 18.1 Å². The number of carbonyl (C=O) groups is 4. The second-order valence-corrected chi connectivity index (χ2v) is 13.0. The molecule has 0 radical (unpaired) electrons. The Morgan fingerprint density at radius 3 is 2.21 bits per heavy atom. The largest absolute Gasteiger partial charge is 0.507 e. The molecule has 0 aromatic heterocycles. The van der Waals surface area contributed by atoms with Crippen LogP contribution in [0.15, 0.2) is 48.0 Å². The molecule has 4 amide bonds. The maximum Gasteiger partial charge on any atom is 0.269 e. The standard InChI is InChI=1S/C29H24BrCl2N3O7/c1-13-9-15(10-14(2)23(13)36)22-18-7-8-19-21(20(18)11-28(31)26(39)33(12-30)27(40)29(22,28)32)25(38)34(24(19)37)16-3-5-17(6-4-16)35(41)42/h3-7,9-10,19-22,36H,8,11-12H2,1-2H3. The van der Waals surface area contributed by atoms with Gasteiger partial charge in [-0.3, -0.25) is 39.1 Å².